The van der Waals surface area contributed by atoms with Crippen molar-refractivity contribution in [2.45, 2.75) is 90.0 Å². The lowest BCUT2D eigenvalue weighted by Gasteiger charge is -2.27. The number of nitrogens with one attached hydrogen (secondary N) is 1. The number of aliphatic imine (C=N–C) groups is 1. The maximum absolute atomic E-state index is 6.58. The molecule has 1 heterocycles. The van der Waals surface area contributed by atoms with Crippen molar-refractivity contribution < 1.29 is 0 Å². The Morgan fingerprint density at radius 3 is 2.64 bits per heavy atom. The zero-order valence-corrected chi connectivity index (χ0v) is 18.3. The van der Waals surface area contributed by atoms with Crippen molar-refractivity contribution in [2.75, 3.05) is 12.4 Å². The van der Waals surface area contributed by atoms with E-state index in [0.29, 0.717) is 17.0 Å². The molecule has 0 bridgehead atoms. The van der Waals surface area contributed by atoms with Gasteiger partial charge in [-0.15, -0.1) is 0 Å². The number of nitrogens with zero attached hydrogens (tertiary/aromatic N) is 3. The fraction of sp³-hybridized carbons (Fsp3) is 0.696. The molecule has 3 rings (SSSR count). The van der Waals surface area contributed by atoms with Crippen LogP contribution in [0, 0.1) is 5.92 Å². The zero-order valence-electron chi connectivity index (χ0n) is 17.5. The maximum atomic E-state index is 6.58. The van der Waals surface area contributed by atoms with Gasteiger partial charge in [-0.3, -0.25) is 4.99 Å². The summed E-state index contributed by atoms with van der Waals surface area (Å²) in [4.78, 5) is 13.7. The van der Waals surface area contributed by atoms with Crippen molar-refractivity contribution >= 4 is 29.3 Å². The topological polar surface area (TPSA) is 50.2 Å². The number of aromatic nitrogens is 2. The highest BCUT2D eigenvalue weighted by molar-refractivity contribution is 6.33. The van der Waals surface area contributed by atoms with Gasteiger partial charge in [0.15, 0.2) is 0 Å². The third-order valence-corrected chi connectivity index (χ3v) is 6.45. The van der Waals surface area contributed by atoms with Crippen LogP contribution in [0.2, 0.25) is 5.02 Å². The van der Waals surface area contributed by atoms with Crippen LogP contribution in [-0.2, 0) is 0 Å². The quantitative estimate of drug-likeness (QED) is 0.467. The third kappa shape index (κ3) is 5.79. The van der Waals surface area contributed by atoms with Gasteiger partial charge >= 0.3 is 0 Å². The Hall–Kier alpha value is -1.42. The van der Waals surface area contributed by atoms with Gasteiger partial charge in [0.2, 0.25) is 5.95 Å². The summed E-state index contributed by atoms with van der Waals surface area (Å²) >= 11 is 6.58. The second-order valence-electron chi connectivity index (χ2n) is 8.38. The van der Waals surface area contributed by atoms with Crippen molar-refractivity contribution in [1.29, 1.82) is 0 Å². The molecule has 0 amide bonds. The molecule has 2 fully saturated rings. The summed E-state index contributed by atoms with van der Waals surface area (Å²) in [5.74, 6) is 1.51. The van der Waals surface area contributed by atoms with E-state index < -0.39 is 0 Å². The molecule has 0 radical (unpaired) electrons. The first kappa shape index (κ1) is 21.3. The zero-order chi connectivity index (χ0) is 19.8. The van der Waals surface area contributed by atoms with Crippen LogP contribution in [0.5, 0.6) is 0 Å². The van der Waals surface area contributed by atoms with Crippen LogP contribution < -0.4 is 5.32 Å². The summed E-state index contributed by atoms with van der Waals surface area (Å²) in [5.41, 5.74) is 3.41. The minimum atomic E-state index is 0.476. The first-order chi connectivity index (χ1) is 13.7. The van der Waals surface area contributed by atoms with E-state index in [0.717, 1.165) is 30.0 Å². The van der Waals surface area contributed by atoms with Crippen LogP contribution in [0.15, 0.2) is 16.8 Å². The van der Waals surface area contributed by atoms with E-state index >= 15 is 0 Å². The molecule has 2 aliphatic carbocycles. The maximum Gasteiger partial charge on any atom is 0.223 e. The van der Waals surface area contributed by atoms with Crippen LogP contribution >= 0.6 is 11.6 Å². The van der Waals surface area contributed by atoms with Crippen molar-refractivity contribution in [3.8, 4) is 0 Å². The third-order valence-electron chi connectivity index (χ3n) is 6.17. The average molecular weight is 403 g/mol. The fourth-order valence-corrected chi connectivity index (χ4v) is 4.48. The molecule has 5 heteroatoms. The van der Waals surface area contributed by atoms with Gasteiger partial charge < -0.3 is 5.32 Å². The number of hydrogen-bond acceptors (Lipinski definition) is 4. The van der Waals surface area contributed by atoms with Crippen molar-refractivity contribution in [1.82, 2.24) is 9.97 Å². The highest BCUT2D eigenvalue weighted by atomic mass is 35.5. The Morgan fingerprint density at radius 2 is 2.00 bits per heavy atom. The minimum absolute atomic E-state index is 0.476. The molecule has 0 spiro atoms. The van der Waals surface area contributed by atoms with E-state index in [9.17, 15) is 0 Å². The smallest absolute Gasteiger partial charge is 0.223 e. The summed E-state index contributed by atoms with van der Waals surface area (Å²) in [6, 6.07) is 0.476. The van der Waals surface area contributed by atoms with Gasteiger partial charge in [-0.05, 0) is 38.0 Å². The number of halogens is 1. The molecule has 1 aromatic heterocycles. The molecular formula is C23H35ClN4. The highest BCUT2D eigenvalue weighted by Crippen LogP contribution is 2.37. The monoisotopic (exact) mass is 402 g/mol. The van der Waals surface area contributed by atoms with Crippen LogP contribution in [-0.4, -0.2) is 29.3 Å². The van der Waals surface area contributed by atoms with Gasteiger partial charge in [0.05, 0.1) is 16.9 Å². The Bertz CT molecular complexity index is 688. The molecule has 1 aromatic rings. The Kier molecular flexibility index (Phi) is 8.32. The molecule has 0 saturated heterocycles. The number of hydrogen-bond donors (Lipinski definition) is 1. The van der Waals surface area contributed by atoms with Gasteiger partial charge in [-0.25, -0.2) is 9.97 Å². The van der Waals surface area contributed by atoms with E-state index in [-0.39, 0.29) is 0 Å². The van der Waals surface area contributed by atoms with E-state index in [1.165, 1.54) is 69.8 Å². The second kappa shape index (κ2) is 10.9. The van der Waals surface area contributed by atoms with Gasteiger partial charge in [0.1, 0.15) is 0 Å². The van der Waals surface area contributed by atoms with Gasteiger partial charge in [0, 0.05) is 24.9 Å². The molecule has 28 heavy (non-hydrogen) atoms. The largest absolute Gasteiger partial charge is 0.351 e. The van der Waals surface area contributed by atoms with Crippen molar-refractivity contribution in [2.24, 2.45) is 10.9 Å². The SMILES string of the molecule is CCCC/C(CC1CCC1)=C(\C=NC)c1nc(NC2CCCCC2)ncc1Cl. The molecule has 0 atom stereocenters. The van der Waals surface area contributed by atoms with Crippen molar-refractivity contribution in [3.63, 3.8) is 0 Å². The van der Waals surface area contributed by atoms with E-state index in [4.69, 9.17) is 16.6 Å². The number of rotatable bonds is 9. The highest BCUT2D eigenvalue weighted by Gasteiger charge is 2.22. The lowest BCUT2D eigenvalue weighted by molar-refractivity contribution is 0.311. The fourth-order valence-electron chi connectivity index (χ4n) is 4.29. The molecule has 4 nitrogen and oxygen atoms in total. The summed E-state index contributed by atoms with van der Waals surface area (Å²) in [7, 11) is 1.83. The first-order valence-electron chi connectivity index (χ1n) is 11.1. The molecule has 154 valence electrons. The van der Waals surface area contributed by atoms with E-state index in [2.05, 4.69) is 22.2 Å². The van der Waals surface area contributed by atoms with Gasteiger partial charge in [-0.1, -0.05) is 69.0 Å². The molecule has 1 N–H and O–H groups in total. The Balaban J connectivity index is 1.90. The van der Waals surface area contributed by atoms with Crippen LogP contribution in [0.4, 0.5) is 5.95 Å². The second-order valence-corrected chi connectivity index (χ2v) is 8.79. The first-order valence-corrected chi connectivity index (χ1v) is 11.5. The summed E-state index contributed by atoms with van der Waals surface area (Å²) in [6.45, 7) is 2.25. The molecular weight excluding hydrogens is 368 g/mol. The molecule has 0 aromatic carbocycles. The number of unbranched alkanes of at least 4 members (excludes halogenated alkanes) is 1. The Morgan fingerprint density at radius 1 is 1.21 bits per heavy atom. The Labute approximate surface area is 175 Å². The molecule has 0 aliphatic heterocycles. The van der Waals surface area contributed by atoms with E-state index in [1.54, 1.807) is 6.20 Å². The van der Waals surface area contributed by atoms with Crippen LogP contribution in [0.25, 0.3) is 5.57 Å². The molecule has 2 saturated carbocycles. The summed E-state index contributed by atoms with van der Waals surface area (Å²) in [6.07, 6.45) is 18.7. The van der Waals surface area contributed by atoms with Crippen LogP contribution in [0.3, 0.4) is 0 Å². The lowest BCUT2D eigenvalue weighted by Crippen LogP contribution is -2.23. The predicted octanol–water partition coefficient (Wildman–Crippen LogP) is 6.71. The van der Waals surface area contributed by atoms with Gasteiger partial charge in [0.25, 0.3) is 0 Å². The normalized spacial score (nSPS) is 19.5. The predicted molar refractivity (Wildman–Crippen MR) is 120 cm³/mol. The minimum Gasteiger partial charge on any atom is -0.351 e. The molecule has 2 aliphatic rings. The molecule has 0 unspecified atom stereocenters. The van der Waals surface area contributed by atoms with E-state index in [1.807, 2.05) is 13.3 Å². The lowest BCUT2D eigenvalue weighted by atomic mass is 9.78. The van der Waals surface area contributed by atoms with Gasteiger partial charge in [-0.2, -0.15) is 0 Å². The summed E-state index contributed by atoms with van der Waals surface area (Å²) in [5, 5.41) is 4.16. The van der Waals surface area contributed by atoms with Crippen molar-refractivity contribution in [3.05, 3.63) is 22.5 Å². The number of anilines is 1. The average Bonchev–Trinajstić information content (AvgIpc) is 2.68. The number of allylic oxidation sites excluding steroid dienone is 2. The summed E-state index contributed by atoms with van der Waals surface area (Å²) < 4.78 is 0. The van der Waals surface area contributed by atoms with Crippen LogP contribution in [0.1, 0.15) is 89.7 Å². The standard InChI is InChI=1S/C23H35ClN4/c1-3-4-11-18(14-17-9-8-10-17)20(15-25-2)22-21(24)16-26-23(28-22)27-19-12-6-5-7-13-19/h15-17,19H,3-14H2,1-2H3,(H,26,27,28)/b20-18-,25-15?.